The summed E-state index contributed by atoms with van der Waals surface area (Å²) in [5.74, 6) is -0.713. The number of imide groups is 1. The van der Waals surface area contributed by atoms with Gasteiger partial charge in [0, 0.05) is 30.1 Å². The van der Waals surface area contributed by atoms with Crippen molar-refractivity contribution in [3.05, 3.63) is 78.5 Å². The van der Waals surface area contributed by atoms with Crippen LogP contribution in [-0.2, 0) is 16.1 Å². The molecule has 0 spiro atoms. The number of para-hydroxylation sites is 1. The highest BCUT2D eigenvalue weighted by atomic mass is 16.2. The van der Waals surface area contributed by atoms with Crippen molar-refractivity contribution >= 4 is 39.2 Å². The van der Waals surface area contributed by atoms with Crippen LogP contribution in [0.2, 0.25) is 0 Å². The average molecular weight is 368 g/mol. The number of nitrogens with zero attached hydrogens (tertiary/aromatic N) is 2. The maximum atomic E-state index is 13.3. The molecule has 1 aromatic heterocycles. The van der Waals surface area contributed by atoms with Gasteiger partial charge in [0.1, 0.15) is 0 Å². The highest BCUT2D eigenvalue weighted by Crippen LogP contribution is 2.38. The summed E-state index contributed by atoms with van der Waals surface area (Å²) in [5.41, 5.74) is 2.69. The van der Waals surface area contributed by atoms with Gasteiger partial charge in [-0.3, -0.25) is 9.59 Å². The van der Waals surface area contributed by atoms with Gasteiger partial charge in [0.05, 0.1) is 11.6 Å². The van der Waals surface area contributed by atoms with Gasteiger partial charge >= 0.3 is 0 Å². The minimum atomic E-state index is -0.434. The van der Waals surface area contributed by atoms with Crippen LogP contribution >= 0.6 is 0 Å². The third kappa shape index (κ3) is 2.45. The highest BCUT2D eigenvalue weighted by Gasteiger charge is 2.41. The number of anilines is 1. The SMILES string of the molecule is CCn1cc([C@@H]2CC(=O)N(c3ccc4ccccc4c3)C2=O)c2ccccc21. The Morgan fingerprint density at radius 3 is 2.50 bits per heavy atom. The minimum Gasteiger partial charge on any atom is -0.347 e. The quantitative estimate of drug-likeness (QED) is 0.485. The van der Waals surface area contributed by atoms with E-state index in [1.807, 2.05) is 66.9 Å². The molecular weight excluding hydrogens is 348 g/mol. The van der Waals surface area contributed by atoms with Gasteiger partial charge in [-0.15, -0.1) is 0 Å². The van der Waals surface area contributed by atoms with Gasteiger partial charge in [-0.1, -0.05) is 48.5 Å². The fourth-order valence-electron chi connectivity index (χ4n) is 4.28. The van der Waals surface area contributed by atoms with E-state index in [1.54, 1.807) is 0 Å². The van der Waals surface area contributed by atoms with Crippen molar-refractivity contribution in [3.63, 3.8) is 0 Å². The van der Waals surface area contributed by atoms with Crippen molar-refractivity contribution in [2.24, 2.45) is 0 Å². The van der Waals surface area contributed by atoms with Gasteiger partial charge in [0.15, 0.2) is 0 Å². The number of hydrogen-bond acceptors (Lipinski definition) is 2. The van der Waals surface area contributed by atoms with E-state index in [1.165, 1.54) is 4.90 Å². The molecule has 0 radical (unpaired) electrons. The molecule has 0 N–H and O–H groups in total. The number of rotatable bonds is 3. The van der Waals surface area contributed by atoms with Gasteiger partial charge < -0.3 is 4.57 Å². The van der Waals surface area contributed by atoms with Crippen LogP contribution in [0.5, 0.6) is 0 Å². The van der Waals surface area contributed by atoms with E-state index in [-0.39, 0.29) is 18.2 Å². The Morgan fingerprint density at radius 2 is 1.68 bits per heavy atom. The van der Waals surface area contributed by atoms with Crippen LogP contribution in [0.1, 0.15) is 24.8 Å². The van der Waals surface area contributed by atoms with E-state index in [0.29, 0.717) is 5.69 Å². The van der Waals surface area contributed by atoms with Crippen LogP contribution < -0.4 is 4.90 Å². The molecule has 4 heteroatoms. The molecular formula is C24H20N2O2. The van der Waals surface area contributed by atoms with Crippen LogP contribution in [0, 0.1) is 0 Å². The summed E-state index contributed by atoms with van der Waals surface area (Å²) in [4.78, 5) is 27.5. The summed E-state index contributed by atoms with van der Waals surface area (Å²) in [6.45, 7) is 2.91. The standard InChI is InChI=1S/C24H20N2O2/c1-2-25-15-21(19-9-5-6-10-22(19)25)20-14-23(27)26(24(20)28)18-12-11-16-7-3-4-8-17(16)13-18/h3-13,15,20H,2,14H2,1H3/t20-/m0/s1. The Morgan fingerprint density at radius 1 is 0.929 bits per heavy atom. The van der Waals surface area contributed by atoms with Gasteiger partial charge in [0.2, 0.25) is 11.8 Å². The number of carbonyl (C=O) groups is 2. The first-order valence-corrected chi connectivity index (χ1v) is 9.60. The van der Waals surface area contributed by atoms with E-state index in [0.717, 1.165) is 33.8 Å². The Balaban J connectivity index is 1.58. The second-order valence-corrected chi connectivity index (χ2v) is 7.24. The molecule has 1 fully saturated rings. The van der Waals surface area contributed by atoms with E-state index in [4.69, 9.17) is 0 Å². The fraction of sp³-hybridized carbons (Fsp3) is 0.167. The smallest absolute Gasteiger partial charge is 0.241 e. The van der Waals surface area contributed by atoms with Crippen LogP contribution in [-0.4, -0.2) is 16.4 Å². The largest absolute Gasteiger partial charge is 0.347 e. The first-order valence-electron chi connectivity index (χ1n) is 9.60. The molecule has 1 aliphatic rings. The summed E-state index contributed by atoms with van der Waals surface area (Å²) in [5, 5.41) is 3.16. The number of aryl methyl sites for hydroxylation is 1. The fourth-order valence-corrected chi connectivity index (χ4v) is 4.28. The lowest BCUT2D eigenvalue weighted by Crippen LogP contribution is -2.29. The number of hydrogen-bond donors (Lipinski definition) is 0. The summed E-state index contributed by atoms with van der Waals surface area (Å²) in [6.07, 6.45) is 2.24. The Kier molecular flexibility index (Phi) is 3.79. The zero-order valence-corrected chi connectivity index (χ0v) is 15.6. The molecule has 1 atom stereocenters. The van der Waals surface area contributed by atoms with Crippen molar-refractivity contribution < 1.29 is 9.59 Å². The van der Waals surface area contributed by atoms with Crippen molar-refractivity contribution in [1.82, 2.24) is 4.57 Å². The van der Waals surface area contributed by atoms with Gasteiger partial charge in [-0.05, 0) is 41.5 Å². The first kappa shape index (κ1) is 16.8. The molecule has 0 unspecified atom stereocenters. The lowest BCUT2D eigenvalue weighted by molar-refractivity contribution is -0.121. The predicted octanol–water partition coefficient (Wildman–Crippen LogP) is 4.86. The summed E-state index contributed by atoms with van der Waals surface area (Å²) in [7, 11) is 0. The van der Waals surface area contributed by atoms with Crippen LogP contribution in [0.15, 0.2) is 72.9 Å². The van der Waals surface area contributed by atoms with Gasteiger partial charge in [0.25, 0.3) is 0 Å². The summed E-state index contributed by atoms with van der Waals surface area (Å²) >= 11 is 0. The van der Waals surface area contributed by atoms with Crippen LogP contribution in [0.3, 0.4) is 0 Å². The van der Waals surface area contributed by atoms with Gasteiger partial charge in [-0.2, -0.15) is 0 Å². The molecule has 1 aliphatic heterocycles. The maximum absolute atomic E-state index is 13.3. The minimum absolute atomic E-state index is 0.140. The predicted molar refractivity (Wildman–Crippen MR) is 111 cm³/mol. The number of carbonyl (C=O) groups excluding carboxylic acids is 2. The number of fused-ring (bicyclic) bond motifs is 2. The van der Waals surface area contributed by atoms with Crippen molar-refractivity contribution in [1.29, 1.82) is 0 Å². The van der Waals surface area contributed by atoms with Crippen LogP contribution in [0.25, 0.3) is 21.7 Å². The molecule has 3 aromatic carbocycles. The monoisotopic (exact) mass is 368 g/mol. The van der Waals surface area contributed by atoms with E-state index < -0.39 is 5.92 Å². The molecule has 138 valence electrons. The Hall–Kier alpha value is -3.40. The number of amides is 2. The third-order valence-corrected chi connectivity index (χ3v) is 5.67. The molecule has 0 saturated carbocycles. The van der Waals surface area contributed by atoms with E-state index >= 15 is 0 Å². The average Bonchev–Trinajstić information content (AvgIpc) is 3.24. The molecule has 0 aliphatic carbocycles. The first-order chi connectivity index (χ1) is 13.7. The van der Waals surface area contributed by atoms with Gasteiger partial charge in [-0.25, -0.2) is 4.90 Å². The second kappa shape index (κ2) is 6.34. The topological polar surface area (TPSA) is 42.3 Å². The van der Waals surface area contributed by atoms with E-state index in [9.17, 15) is 9.59 Å². The molecule has 5 rings (SSSR count). The second-order valence-electron chi connectivity index (χ2n) is 7.24. The molecule has 0 bridgehead atoms. The Labute approximate surface area is 163 Å². The molecule has 4 aromatic rings. The zero-order valence-electron chi connectivity index (χ0n) is 15.6. The van der Waals surface area contributed by atoms with Crippen molar-refractivity contribution in [3.8, 4) is 0 Å². The lowest BCUT2D eigenvalue weighted by Gasteiger charge is -2.15. The molecule has 28 heavy (non-hydrogen) atoms. The molecule has 1 saturated heterocycles. The zero-order chi connectivity index (χ0) is 19.3. The molecule has 2 heterocycles. The highest BCUT2D eigenvalue weighted by molar-refractivity contribution is 6.23. The summed E-state index contributed by atoms with van der Waals surface area (Å²) < 4.78 is 2.14. The molecule has 4 nitrogen and oxygen atoms in total. The Bertz CT molecular complexity index is 1240. The van der Waals surface area contributed by atoms with Crippen molar-refractivity contribution in [2.75, 3.05) is 4.90 Å². The van der Waals surface area contributed by atoms with E-state index in [2.05, 4.69) is 17.6 Å². The van der Waals surface area contributed by atoms with Crippen molar-refractivity contribution in [2.45, 2.75) is 25.8 Å². The van der Waals surface area contributed by atoms with Crippen LogP contribution in [0.4, 0.5) is 5.69 Å². The molecule has 2 amide bonds. The number of aromatic nitrogens is 1. The maximum Gasteiger partial charge on any atom is 0.241 e. The number of benzene rings is 3. The normalized spacial score (nSPS) is 17.2. The summed E-state index contributed by atoms with van der Waals surface area (Å²) in [6, 6.07) is 21.8. The lowest BCUT2D eigenvalue weighted by atomic mass is 9.97. The third-order valence-electron chi connectivity index (χ3n) is 5.67.